The number of imidazole rings is 1. The van der Waals surface area contributed by atoms with Gasteiger partial charge in [0.1, 0.15) is 17.4 Å². The summed E-state index contributed by atoms with van der Waals surface area (Å²) < 4.78 is 51.4. The third-order valence-corrected chi connectivity index (χ3v) is 5.28. The number of H-pyrrole nitrogens is 1. The minimum atomic E-state index is -4.53. The van der Waals surface area contributed by atoms with E-state index in [0.717, 1.165) is 11.8 Å². The number of aromatic nitrogens is 3. The third kappa shape index (κ3) is 2.78. The van der Waals surface area contributed by atoms with Crippen molar-refractivity contribution in [2.45, 2.75) is 25.6 Å². The number of nitrogens with one attached hydrogen (secondary N) is 1. The van der Waals surface area contributed by atoms with E-state index in [1.165, 1.54) is 35.8 Å². The molecule has 1 amide bonds. The summed E-state index contributed by atoms with van der Waals surface area (Å²) in [4.78, 5) is 26.0. The second kappa shape index (κ2) is 6.48. The van der Waals surface area contributed by atoms with Gasteiger partial charge in [-0.15, -0.1) is 0 Å². The van der Waals surface area contributed by atoms with Crippen LogP contribution in [0.5, 0.6) is 0 Å². The number of hydrogen-bond acceptors (Lipinski definition) is 5. The van der Waals surface area contributed by atoms with Gasteiger partial charge in [0, 0.05) is 24.0 Å². The molecule has 30 heavy (non-hydrogen) atoms. The smallest absolute Gasteiger partial charge is 0.417 e. The maximum atomic E-state index is 13.5. The Morgan fingerprint density at radius 2 is 2.13 bits per heavy atom. The quantitative estimate of drug-likeness (QED) is 0.528. The first kappa shape index (κ1) is 18.5. The van der Waals surface area contributed by atoms with Gasteiger partial charge in [-0.05, 0) is 25.1 Å². The molecule has 0 radical (unpaired) electrons. The summed E-state index contributed by atoms with van der Waals surface area (Å²) in [5, 5.41) is -0.0640. The predicted octanol–water partition coefficient (Wildman–Crippen LogP) is 4.26. The third-order valence-electron chi connectivity index (χ3n) is 5.28. The second-order valence-corrected chi connectivity index (χ2v) is 7.05. The fourth-order valence-electron chi connectivity index (χ4n) is 3.88. The number of fused-ring (bicyclic) bond motifs is 2. The fraction of sp³-hybridized carbons (Fsp3) is 0.250. The Kier molecular flexibility index (Phi) is 3.99. The summed E-state index contributed by atoms with van der Waals surface area (Å²) in [5.74, 6) is -0.161. The van der Waals surface area contributed by atoms with E-state index in [1.54, 1.807) is 6.92 Å². The molecule has 1 aliphatic heterocycles. The van der Waals surface area contributed by atoms with Crippen LogP contribution in [0.2, 0.25) is 0 Å². The van der Waals surface area contributed by atoms with Gasteiger partial charge in [-0.2, -0.15) is 13.2 Å². The van der Waals surface area contributed by atoms with Crippen molar-refractivity contribution < 1.29 is 26.8 Å². The van der Waals surface area contributed by atoms with Crippen molar-refractivity contribution >= 4 is 16.9 Å². The first-order valence-corrected chi connectivity index (χ1v) is 9.17. The number of halogens is 3. The van der Waals surface area contributed by atoms with Crippen LogP contribution in [-0.4, -0.2) is 32.3 Å². The number of amides is 1. The summed E-state index contributed by atoms with van der Waals surface area (Å²) in [6.45, 7) is 1.95. The van der Waals surface area contributed by atoms with Crippen LogP contribution in [0.25, 0.3) is 11.0 Å². The van der Waals surface area contributed by atoms with E-state index >= 15 is 0 Å². The van der Waals surface area contributed by atoms with E-state index in [4.69, 9.17) is 8.83 Å². The number of furan rings is 1. The molecule has 0 spiro atoms. The number of oxazole rings is 1. The molecule has 0 fully saturated rings. The lowest BCUT2D eigenvalue weighted by molar-refractivity contribution is -0.136. The monoisotopic (exact) mass is 416 g/mol. The second-order valence-electron chi connectivity index (χ2n) is 7.05. The molecule has 1 N–H and O–H groups in total. The van der Waals surface area contributed by atoms with E-state index in [1.807, 2.05) is 0 Å². The summed E-state index contributed by atoms with van der Waals surface area (Å²) in [7, 11) is 0. The van der Waals surface area contributed by atoms with E-state index in [-0.39, 0.29) is 22.5 Å². The van der Waals surface area contributed by atoms with Gasteiger partial charge in [-0.1, -0.05) is 6.07 Å². The van der Waals surface area contributed by atoms with Gasteiger partial charge in [0.25, 0.3) is 5.91 Å². The van der Waals surface area contributed by atoms with E-state index < -0.39 is 23.7 Å². The summed E-state index contributed by atoms with van der Waals surface area (Å²) in [6, 6.07) is 4.30. The molecule has 0 saturated carbocycles. The Hall–Kier alpha value is -3.56. The van der Waals surface area contributed by atoms with Gasteiger partial charge >= 0.3 is 6.18 Å². The molecule has 4 aromatic rings. The maximum absolute atomic E-state index is 13.5. The molecular formula is C20H15F3N4O3. The number of rotatable bonds is 2. The van der Waals surface area contributed by atoms with Crippen LogP contribution in [0.15, 0.2) is 45.8 Å². The van der Waals surface area contributed by atoms with Crippen molar-refractivity contribution in [1.82, 2.24) is 19.9 Å². The predicted molar refractivity (Wildman–Crippen MR) is 97.6 cm³/mol. The van der Waals surface area contributed by atoms with Gasteiger partial charge in [0.2, 0.25) is 5.76 Å². The van der Waals surface area contributed by atoms with Gasteiger partial charge in [-0.25, -0.2) is 9.97 Å². The average Bonchev–Trinajstić information content (AvgIpc) is 3.43. The van der Waals surface area contributed by atoms with Crippen molar-refractivity contribution in [3.8, 4) is 0 Å². The number of carbonyl (C=O) groups excluding carboxylic acids is 1. The SMILES string of the molecule is Cc1ncoc1C(=O)N1CCc2[nH]cnc2[C@@H]1c1cc2c(C(F)(F)F)cccc2o1. The lowest BCUT2D eigenvalue weighted by Crippen LogP contribution is -2.40. The van der Waals surface area contributed by atoms with Gasteiger partial charge in [0.05, 0.1) is 23.3 Å². The summed E-state index contributed by atoms with van der Waals surface area (Å²) in [6.07, 6.45) is -1.34. The minimum absolute atomic E-state index is 0.0640. The van der Waals surface area contributed by atoms with Crippen LogP contribution in [0, 0.1) is 6.92 Å². The number of carbonyl (C=O) groups is 1. The molecule has 1 atom stereocenters. The van der Waals surface area contributed by atoms with Crippen LogP contribution in [0.4, 0.5) is 13.2 Å². The first-order valence-electron chi connectivity index (χ1n) is 9.17. The Labute approximate surface area is 167 Å². The Bertz CT molecular complexity index is 1250. The maximum Gasteiger partial charge on any atom is 0.417 e. The first-order chi connectivity index (χ1) is 14.3. The van der Waals surface area contributed by atoms with Crippen molar-refractivity contribution in [2.75, 3.05) is 6.54 Å². The van der Waals surface area contributed by atoms with E-state index in [2.05, 4.69) is 15.0 Å². The van der Waals surface area contributed by atoms with Gasteiger partial charge in [-0.3, -0.25) is 4.79 Å². The molecule has 0 aliphatic carbocycles. The highest BCUT2D eigenvalue weighted by atomic mass is 19.4. The number of nitrogens with zero attached hydrogens (tertiary/aromatic N) is 3. The molecular weight excluding hydrogens is 401 g/mol. The zero-order valence-corrected chi connectivity index (χ0v) is 15.7. The van der Waals surface area contributed by atoms with Gasteiger partial charge < -0.3 is 18.7 Å². The number of hydrogen-bond donors (Lipinski definition) is 1. The van der Waals surface area contributed by atoms with E-state index in [9.17, 15) is 18.0 Å². The molecule has 7 nitrogen and oxygen atoms in total. The zero-order valence-electron chi connectivity index (χ0n) is 15.7. The van der Waals surface area contributed by atoms with E-state index in [0.29, 0.717) is 24.4 Å². The topological polar surface area (TPSA) is 88.2 Å². The van der Waals surface area contributed by atoms with Crippen molar-refractivity contribution in [3.63, 3.8) is 0 Å². The standard InChI is InChI=1S/C20H15F3N4O3/c1-10-18(29-9-26-10)19(28)27-6-5-13-16(25-8-24-13)17(27)15-7-11-12(20(21,22)23)3-2-4-14(11)30-15/h2-4,7-9,17H,5-6H2,1H3,(H,24,25)/t17-/m0/s1. The van der Waals surface area contributed by atoms with Crippen LogP contribution >= 0.6 is 0 Å². The summed E-state index contributed by atoms with van der Waals surface area (Å²) in [5.41, 5.74) is 1.05. The average molecular weight is 416 g/mol. The molecule has 10 heteroatoms. The molecule has 1 aliphatic rings. The van der Waals surface area contributed by atoms with Crippen LogP contribution in [0.1, 0.15) is 45.0 Å². The van der Waals surface area contributed by atoms with Crippen molar-refractivity contribution in [3.05, 3.63) is 71.2 Å². The molecule has 5 rings (SSSR count). The Morgan fingerprint density at radius 3 is 2.87 bits per heavy atom. The number of benzene rings is 1. The highest BCUT2D eigenvalue weighted by Gasteiger charge is 2.39. The van der Waals surface area contributed by atoms with Crippen molar-refractivity contribution in [2.24, 2.45) is 0 Å². The molecule has 0 saturated heterocycles. The minimum Gasteiger partial charge on any atom is -0.458 e. The number of aromatic amines is 1. The molecule has 0 unspecified atom stereocenters. The molecule has 3 aromatic heterocycles. The number of alkyl halides is 3. The molecule has 0 bridgehead atoms. The fourth-order valence-corrected chi connectivity index (χ4v) is 3.88. The van der Waals surface area contributed by atoms with Crippen molar-refractivity contribution in [1.29, 1.82) is 0 Å². The lowest BCUT2D eigenvalue weighted by atomic mass is 9.99. The van der Waals surface area contributed by atoms with Crippen LogP contribution < -0.4 is 0 Å². The number of aryl methyl sites for hydroxylation is 1. The van der Waals surface area contributed by atoms with Gasteiger partial charge in [0.15, 0.2) is 6.39 Å². The highest BCUT2D eigenvalue weighted by molar-refractivity contribution is 5.93. The zero-order chi connectivity index (χ0) is 21.0. The normalized spacial score (nSPS) is 16.8. The molecule has 4 heterocycles. The van der Waals surface area contributed by atoms with Crippen LogP contribution in [0.3, 0.4) is 0 Å². The summed E-state index contributed by atoms with van der Waals surface area (Å²) >= 11 is 0. The largest absolute Gasteiger partial charge is 0.458 e. The Morgan fingerprint density at radius 1 is 1.30 bits per heavy atom. The molecule has 1 aromatic carbocycles. The molecule has 154 valence electrons. The Balaban J connectivity index is 1.66. The lowest BCUT2D eigenvalue weighted by Gasteiger charge is -2.33. The highest BCUT2D eigenvalue weighted by Crippen LogP contribution is 2.41. The van der Waals surface area contributed by atoms with Crippen LogP contribution in [-0.2, 0) is 12.6 Å².